The van der Waals surface area contributed by atoms with Crippen molar-refractivity contribution in [2.45, 2.75) is 56.7 Å². The average molecular weight is 438 g/mol. The lowest BCUT2D eigenvalue weighted by molar-refractivity contribution is 0.0465. The number of nitrogens with one attached hydrogen (secondary N) is 1. The van der Waals surface area contributed by atoms with E-state index in [4.69, 9.17) is 9.26 Å². The van der Waals surface area contributed by atoms with Crippen LogP contribution in [0.5, 0.6) is 0 Å². The Bertz CT molecular complexity index is 1090. The van der Waals surface area contributed by atoms with E-state index in [1.54, 1.807) is 41.7 Å². The van der Waals surface area contributed by atoms with Gasteiger partial charge in [0.15, 0.2) is 11.0 Å². The molecule has 0 unspecified atom stereocenters. The van der Waals surface area contributed by atoms with Gasteiger partial charge in [-0.1, -0.05) is 16.9 Å². The minimum atomic E-state index is -0.880. The highest BCUT2D eigenvalue weighted by Crippen LogP contribution is 2.24. The molecule has 3 heterocycles. The van der Waals surface area contributed by atoms with Gasteiger partial charge in [0.1, 0.15) is 15.8 Å². The van der Waals surface area contributed by atoms with E-state index < -0.39 is 17.2 Å². The molecule has 0 bridgehead atoms. The number of hydrogen-bond donors (Lipinski definition) is 1. The molecular formula is C18H23N5O4S2. The molecule has 156 valence electrons. The monoisotopic (exact) mass is 437 g/mol. The number of alkyl carbamates (subject to hydrolysis) is 1. The molecule has 3 aromatic rings. The van der Waals surface area contributed by atoms with Crippen LogP contribution in [0.2, 0.25) is 0 Å². The summed E-state index contributed by atoms with van der Waals surface area (Å²) in [5, 5.41) is 9.12. The summed E-state index contributed by atoms with van der Waals surface area (Å²) in [6.45, 7) is 8.89. The van der Waals surface area contributed by atoms with E-state index in [2.05, 4.69) is 20.4 Å². The van der Waals surface area contributed by atoms with Crippen LogP contribution in [0.15, 0.2) is 25.9 Å². The first kappa shape index (κ1) is 21.3. The third kappa shape index (κ3) is 4.96. The third-order valence-electron chi connectivity index (χ3n) is 3.81. The Labute approximate surface area is 175 Å². The first-order valence-electron chi connectivity index (χ1n) is 8.87. The van der Waals surface area contributed by atoms with E-state index in [-0.39, 0.29) is 5.56 Å². The maximum atomic E-state index is 12.4. The second-order valence-corrected chi connectivity index (χ2v) is 9.80. The number of ether oxygens (including phenoxy) is 1. The van der Waals surface area contributed by atoms with Crippen molar-refractivity contribution >= 4 is 39.4 Å². The van der Waals surface area contributed by atoms with Gasteiger partial charge in [-0.05, 0) is 46.1 Å². The molecule has 0 aliphatic rings. The third-order valence-corrected chi connectivity index (χ3v) is 5.72. The van der Waals surface area contributed by atoms with Crippen LogP contribution in [0.4, 0.5) is 4.79 Å². The number of fused-ring (bicyclic) bond motifs is 1. The van der Waals surface area contributed by atoms with Crippen LogP contribution in [0.1, 0.15) is 46.3 Å². The number of rotatable bonds is 5. The first-order chi connectivity index (χ1) is 13.5. The predicted molar refractivity (Wildman–Crippen MR) is 111 cm³/mol. The Morgan fingerprint density at radius 1 is 1.31 bits per heavy atom. The summed E-state index contributed by atoms with van der Waals surface area (Å²) in [6.07, 6.45) is -0.563. The Morgan fingerprint density at radius 3 is 2.72 bits per heavy atom. The molecule has 0 radical (unpaired) electrons. The lowest BCUT2D eigenvalue weighted by Crippen LogP contribution is -2.44. The summed E-state index contributed by atoms with van der Waals surface area (Å²) < 4.78 is 12.7. The smallest absolute Gasteiger partial charge is 0.408 e. The summed E-state index contributed by atoms with van der Waals surface area (Å²) in [5.41, 5.74) is -0.892. The maximum Gasteiger partial charge on any atom is 0.408 e. The highest BCUT2D eigenvalue weighted by Gasteiger charge is 2.31. The van der Waals surface area contributed by atoms with Gasteiger partial charge in [-0.2, -0.15) is 4.98 Å². The molecule has 0 aliphatic carbocycles. The van der Waals surface area contributed by atoms with Gasteiger partial charge in [-0.15, -0.1) is 11.3 Å². The van der Waals surface area contributed by atoms with Crippen molar-refractivity contribution < 1.29 is 14.1 Å². The van der Waals surface area contributed by atoms with Gasteiger partial charge in [-0.3, -0.25) is 9.36 Å². The molecule has 11 heteroatoms. The highest BCUT2D eigenvalue weighted by atomic mass is 32.2. The van der Waals surface area contributed by atoms with Crippen LogP contribution >= 0.6 is 23.1 Å². The number of nitrogens with zero attached hydrogens (tertiary/aromatic N) is 4. The molecule has 9 nitrogen and oxygen atoms in total. The standard InChI is InChI=1S/C18H23N5O4S2/c1-17(2,3)26-16(25)21-18(4,5)14-20-11(27-22-14)9-29-15-19-10-7-8-28-12(10)13(24)23(15)6/h7-8H,9H2,1-6H3,(H,21,25). The number of aromatic nitrogens is 4. The molecule has 3 aromatic heterocycles. The molecule has 0 fully saturated rings. The molecule has 0 spiro atoms. The van der Waals surface area contributed by atoms with Gasteiger partial charge in [0.25, 0.3) is 5.56 Å². The molecular weight excluding hydrogens is 414 g/mol. The van der Waals surface area contributed by atoms with Gasteiger partial charge < -0.3 is 14.6 Å². The van der Waals surface area contributed by atoms with E-state index in [0.717, 1.165) is 0 Å². The van der Waals surface area contributed by atoms with Crippen molar-refractivity contribution in [2.24, 2.45) is 7.05 Å². The average Bonchev–Trinajstić information content (AvgIpc) is 3.24. The van der Waals surface area contributed by atoms with Crippen LogP contribution in [0.25, 0.3) is 10.2 Å². The molecule has 1 N–H and O–H groups in total. The summed E-state index contributed by atoms with van der Waals surface area (Å²) in [5.74, 6) is 1.03. The van der Waals surface area contributed by atoms with Crippen LogP contribution in [-0.4, -0.2) is 31.4 Å². The molecule has 0 saturated carbocycles. The molecule has 0 atom stereocenters. The summed E-state index contributed by atoms with van der Waals surface area (Å²) in [4.78, 5) is 33.3. The fourth-order valence-corrected chi connectivity index (χ4v) is 4.02. The van der Waals surface area contributed by atoms with Crippen LogP contribution in [-0.2, 0) is 23.1 Å². The number of amides is 1. The predicted octanol–water partition coefficient (Wildman–Crippen LogP) is 3.43. The molecule has 0 saturated heterocycles. The van der Waals surface area contributed by atoms with Gasteiger partial charge in [-0.25, -0.2) is 9.78 Å². The lowest BCUT2D eigenvalue weighted by Gasteiger charge is -2.26. The normalized spacial score (nSPS) is 12.3. The number of thiophene rings is 1. The van der Waals surface area contributed by atoms with Crippen molar-refractivity contribution in [1.82, 2.24) is 25.0 Å². The fourth-order valence-electron chi connectivity index (χ4n) is 2.41. The van der Waals surface area contributed by atoms with Crippen molar-refractivity contribution in [2.75, 3.05) is 0 Å². The summed E-state index contributed by atoms with van der Waals surface area (Å²) in [6, 6.07) is 1.82. The van der Waals surface area contributed by atoms with E-state index in [9.17, 15) is 9.59 Å². The number of carbonyl (C=O) groups excluding carboxylic acids is 1. The SMILES string of the molecule is Cn1c(SCc2nc(C(C)(C)NC(=O)OC(C)(C)C)no2)nc2ccsc2c1=O. The van der Waals surface area contributed by atoms with Crippen molar-refractivity contribution in [3.05, 3.63) is 33.5 Å². The number of thioether (sulfide) groups is 1. The zero-order valence-corrected chi connectivity index (χ0v) is 18.7. The Hall–Kier alpha value is -2.40. The molecule has 1 amide bonds. The van der Waals surface area contributed by atoms with Gasteiger partial charge in [0.05, 0.1) is 11.3 Å². The molecule has 0 aliphatic heterocycles. The number of carbonyl (C=O) groups is 1. The van der Waals surface area contributed by atoms with Gasteiger partial charge in [0.2, 0.25) is 5.89 Å². The van der Waals surface area contributed by atoms with E-state index in [1.807, 2.05) is 11.4 Å². The van der Waals surface area contributed by atoms with E-state index in [0.29, 0.717) is 32.8 Å². The molecule has 3 rings (SSSR count). The molecule has 0 aromatic carbocycles. The Morgan fingerprint density at radius 2 is 2.03 bits per heavy atom. The summed E-state index contributed by atoms with van der Waals surface area (Å²) in [7, 11) is 1.68. The minimum Gasteiger partial charge on any atom is -0.444 e. The quantitative estimate of drug-likeness (QED) is 0.477. The zero-order valence-electron chi connectivity index (χ0n) is 17.1. The van der Waals surface area contributed by atoms with Crippen LogP contribution < -0.4 is 10.9 Å². The van der Waals surface area contributed by atoms with Crippen LogP contribution in [0, 0.1) is 0 Å². The summed E-state index contributed by atoms with van der Waals surface area (Å²) >= 11 is 2.70. The number of hydrogen-bond acceptors (Lipinski definition) is 9. The minimum absolute atomic E-state index is 0.0820. The van der Waals surface area contributed by atoms with Crippen LogP contribution in [0.3, 0.4) is 0 Å². The maximum absolute atomic E-state index is 12.4. The van der Waals surface area contributed by atoms with Gasteiger partial charge >= 0.3 is 6.09 Å². The van der Waals surface area contributed by atoms with Crippen molar-refractivity contribution in [1.29, 1.82) is 0 Å². The highest BCUT2D eigenvalue weighted by molar-refractivity contribution is 7.98. The van der Waals surface area contributed by atoms with Gasteiger partial charge in [0, 0.05) is 7.05 Å². The van der Waals surface area contributed by atoms with E-state index in [1.165, 1.54) is 27.7 Å². The lowest BCUT2D eigenvalue weighted by atomic mass is 10.1. The zero-order chi connectivity index (χ0) is 21.4. The Balaban J connectivity index is 1.70. The second-order valence-electron chi connectivity index (χ2n) is 7.95. The van der Waals surface area contributed by atoms with Crippen molar-refractivity contribution in [3.63, 3.8) is 0 Å². The van der Waals surface area contributed by atoms with Crippen molar-refractivity contribution in [3.8, 4) is 0 Å². The fraction of sp³-hybridized carbons (Fsp3) is 0.500. The second kappa shape index (κ2) is 7.79. The van der Waals surface area contributed by atoms with E-state index >= 15 is 0 Å². The molecule has 29 heavy (non-hydrogen) atoms. The Kier molecular flexibility index (Phi) is 5.72. The largest absolute Gasteiger partial charge is 0.444 e. The first-order valence-corrected chi connectivity index (χ1v) is 10.7. The topological polar surface area (TPSA) is 112 Å².